The molecule has 0 spiro atoms. The van der Waals surface area contributed by atoms with E-state index in [2.05, 4.69) is 46.6 Å². The number of hydrogen-bond donors (Lipinski definition) is 4. The average Bonchev–Trinajstić information content (AvgIpc) is 3.16. The van der Waals surface area contributed by atoms with Crippen molar-refractivity contribution in [3.8, 4) is 0 Å². The van der Waals surface area contributed by atoms with E-state index in [0.29, 0.717) is 19.8 Å². The Balaban J connectivity index is 1.87. The number of carbonyl (C=O) groups excluding carboxylic acids is 1. The van der Waals surface area contributed by atoms with Crippen LogP contribution in [0.15, 0.2) is 18.3 Å². The second-order valence-corrected chi connectivity index (χ2v) is 8.60. The van der Waals surface area contributed by atoms with E-state index in [4.69, 9.17) is 21.3 Å². The van der Waals surface area contributed by atoms with Crippen molar-refractivity contribution in [3.05, 3.63) is 29.6 Å². The van der Waals surface area contributed by atoms with Crippen molar-refractivity contribution in [2.75, 3.05) is 30.4 Å². The second kappa shape index (κ2) is 9.45. The molecule has 0 unspecified atom stereocenters. The largest absolute Gasteiger partial charge is 0.380 e. The Morgan fingerprint density at radius 2 is 2.03 bits per heavy atom. The fourth-order valence-electron chi connectivity index (χ4n) is 3.07. The number of amides is 1. The first-order chi connectivity index (χ1) is 15.1. The van der Waals surface area contributed by atoms with Gasteiger partial charge in [-0.15, -0.1) is 10.2 Å². The fourth-order valence-corrected chi connectivity index (χ4v) is 3.07. The van der Waals surface area contributed by atoms with Crippen LogP contribution in [0.3, 0.4) is 0 Å². The van der Waals surface area contributed by atoms with Crippen LogP contribution in [-0.2, 0) is 10.3 Å². The molecule has 0 aliphatic heterocycles. The molecule has 172 valence electrons. The molecule has 1 aromatic carbocycles. The number of benzene rings is 1. The minimum Gasteiger partial charge on any atom is -0.380 e. The fraction of sp³-hybridized carbons (Fsp3) is 0.476. The summed E-state index contributed by atoms with van der Waals surface area (Å²) in [5, 5.41) is 19.7. The SMILES string of the molecule is CCOC[C@H](N)CNc1nnc(C(N)=O)c(Nc2cc(C)c3nn(C(C)(C)C)cc3c2)n1. The first-order valence-corrected chi connectivity index (χ1v) is 10.5. The summed E-state index contributed by atoms with van der Waals surface area (Å²) in [6.45, 7) is 11.5. The van der Waals surface area contributed by atoms with Gasteiger partial charge in [-0.25, -0.2) is 0 Å². The lowest BCUT2D eigenvalue weighted by molar-refractivity contribution is 0.0995. The number of anilines is 3. The molecule has 6 N–H and O–H groups in total. The van der Waals surface area contributed by atoms with Crippen molar-refractivity contribution in [1.82, 2.24) is 25.0 Å². The molecule has 11 heteroatoms. The van der Waals surface area contributed by atoms with E-state index < -0.39 is 5.91 Å². The molecule has 0 aliphatic rings. The highest BCUT2D eigenvalue weighted by Gasteiger charge is 2.18. The third-order valence-electron chi connectivity index (χ3n) is 4.73. The Morgan fingerprint density at radius 3 is 2.69 bits per heavy atom. The van der Waals surface area contributed by atoms with Gasteiger partial charge in [-0.05, 0) is 52.3 Å². The highest BCUT2D eigenvalue weighted by molar-refractivity contribution is 5.96. The highest BCUT2D eigenvalue weighted by atomic mass is 16.5. The summed E-state index contributed by atoms with van der Waals surface area (Å²) >= 11 is 0. The zero-order valence-electron chi connectivity index (χ0n) is 19.1. The van der Waals surface area contributed by atoms with Gasteiger partial charge in [0.15, 0.2) is 11.5 Å². The van der Waals surface area contributed by atoms with Gasteiger partial charge in [-0.2, -0.15) is 10.1 Å². The van der Waals surface area contributed by atoms with Crippen molar-refractivity contribution < 1.29 is 9.53 Å². The van der Waals surface area contributed by atoms with Crippen LogP contribution in [0.1, 0.15) is 43.7 Å². The Kier molecular flexibility index (Phi) is 6.90. The molecule has 2 heterocycles. The number of aryl methyl sites for hydroxylation is 1. The summed E-state index contributed by atoms with van der Waals surface area (Å²) in [6, 6.07) is 3.63. The lowest BCUT2D eigenvalue weighted by Gasteiger charge is -2.18. The average molecular weight is 442 g/mol. The van der Waals surface area contributed by atoms with Crippen LogP contribution in [0.4, 0.5) is 17.5 Å². The number of nitrogens with zero attached hydrogens (tertiary/aromatic N) is 5. The number of ether oxygens (including phenoxy) is 1. The molecule has 0 aliphatic carbocycles. The number of nitrogens with one attached hydrogen (secondary N) is 2. The van der Waals surface area contributed by atoms with Gasteiger partial charge in [0.05, 0.1) is 17.7 Å². The van der Waals surface area contributed by atoms with Gasteiger partial charge in [0.2, 0.25) is 5.95 Å². The maximum Gasteiger partial charge on any atom is 0.273 e. The van der Waals surface area contributed by atoms with E-state index in [0.717, 1.165) is 22.2 Å². The third-order valence-corrected chi connectivity index (χ3v) is 4.73. The molecule has 3 rings (SSSR count). The van der Waals surface area contributed by atoms with E-state index in [1.807, 2.05) is 36.9 Å². The molecule has 11 nitrogen and oxygen atoms in total. The van der Waals surface area contributed by atoms with Crippen molar-refractivity contribution in [1.29, 1.82) is 0 Å². The highest BCUT2D eigenvalue weighted by Crippen LogP contribution is 2.27. The van der Waals surface area contributed by atoms with Crippen LogP contribution in [0.2, 0.25) is 0 Å². The van der Waals surface area contributed by atoms with Gasteiger partial charge in [-0.3, -0.25) is 9.48 Å². The Hall–Kier alpha value is -3.31. The molecular formula is C21H31N9O2. The third kappa shape index (κ3) is 5.48. The van der Waals surface area contributed by atoms with Crippen LogP contribution in [0.5, 0.6) is 0 Å². The first-order valence-electron chi connectivity index (χ1n) is 10.5. The number of hydrogen-bond acceptors (Lipinski definition) is 9. The Morgan fingerprint density at radius 1 is 1.28 bits per heavy atom. The summed E-state index contributed by atoms with van der Waals surface area (Å²) in [5.74, 6) is -0.302. The first kappa shape index (κ1) is 23.4. The summed E-state index contributed by atoms with van der Waals surface area (Å²) < 4.78 is 7.24. The van der Waals surface area contributed by atoms with E-state index in [9.17, 15) is 4.79 Å². The van der Waals surface area contributed by atoms with Gasteiger partial charge >= 0.3 is 0 Å². The van der Waals surface area contributed by atoms with Crippen LogP contribution < -0.4 is 22.1 Å². The normalized spacial score (nSPS) is 12.7. The van der Waals surface area contributed by atoms with Gasteiger partial charge < -0.3 is 26.8 Å². The summed E-state index contributed by atoms with van der Waals surface area (Å²) in [6.07, 6.45) is 1.99. The van der Waals surface area contributed by atoms with Crippen molar-refractivity contribution in [3.63, 3.8) is 0 Å². The standard InChI is InChI=1S/C21H31N9O2/c1-6-32-11-14(22)9-24-20-26-19(17(18(23)31)27-28-20)25-15-7-12(2)16-13(8-15)10-30(29-16)21(3,4)5/h7-8,10,14H,6,9,11,22H2,1-5H3,(H2,23,31)(H2,24,25,26,28)/t14-/m1/s1. The lowest BCUT2D eigenvalue weighted by atomic mass is 10.1. The molecule has 2 aromatic heterocycles. The van der Waals surface area contributed by atoms with Crippen LogP contribution in [0.25, 0.3) is 10.9 Å². The topological polar surface area (TPSA) is 159 Å². The molecule has 1 atom stereocenters. The number of fused-ring (bicyclic) bond motifs is 1. The molecule has 32 heavy (non-hydrogen) atoms. The molecule has 0 bridgehead atoms. The van der Waals surface area contributed by atoms with Crippen molar-refractivity contribution in [2.24, 2.45) is 11.5 Å². The minimum absolute atomic E-state index is 0.0581. The van der Waals surface area contributed by atoms with Crippen LogP contribution in [0, 0.1) is 6.92 Å². The summed E-state index contributed by atoms with van der Waals surface area (Å²) in [5.41, 5.74) is 13.9. The van der Waals surface area contributed by atoms with Gasteiger partial charge in [0, 0.05) is 36.5 Å². The van der Waals surface area contributed by atoms with Crippen LogP contribution in [-0.4, -0.2) is 56.7 Å². The maximum atomic E-state index is 11.9. The monoisotopic (exact) mass is 441 g/mol. The van der Waals surface area contributed by atoms with Crippen molar-refractivity contribution in [2.45, 2.75) is 46.2 Å². The Labute approximate surface area is 186 Å². The van der Waals surface area contributed by atoms with Gasteiger partial charge in [0.1, 0.15) is 0 Å². The van der Waals surface area contributed by atoms with Crippen molar-refractivity contribution >= 4 is 34.3 Å². The maximum absolute atomic E-state index is 11.9. The zero-order valence-corrected chi connectivity index (χ0v) is 19.1. The molecule has 0 fully saturated rings. The number of primary amides is 1. The molecule has 0 saturated carbocycles. The smallest absolute Gasteiger partial charge is 0.273 e. The summed E-state index contributed by atoms with van der Waals surface area (Å²) in [4.78, 5) is 16.3. The minimum atomic E-state index is -0.731. The summed E-state index contributed by atoms with van der Waals surface area (Å²) in [7, 11) is 0. The van der Waals surface area contributed by atoms with Crippen LogP contribution >= 0.6 is 0 Å². The predicted molar refractivity (Wildman–Crippen MR) is 124 cm³/mol. The molecular weight excluding hydrogens is 410 g/mol. The Bertz CT molecular complexity index is 1100. The quantitative estimate of drug-likeness (QED) is 0.389. The molecule has 0 radical (unpaired) electrons. The predicted octanol–water partition coefficient (Wildman–Crippen LogP) is 1.90. The second-order valence-electron chi connectivity index (χ2n) is 8.60. The number of nitrogens with two attached hydrogens (primary N) is 2. The van der Waals surface area contributed by atoms with Gasteiger partial charge in [0.25, 0.3) is 5.91 Å². The molecule has 1 amide bonds. The number of carbonyl (C=O) groups is 1. The van der Waals surface area contributed by atoms with E-state index in [1.165, 1.54) is 0 Å². The van der Waals surface area contributed by atoms with Gasteiger partial charge in [-0.1, -0.05) is 0 Å². The molecule has 3 aromatic rings. The number of rotatable bonds is 9. The van der Waals surface area contributed by atoms with E-state index in [1.54, 1.807) is 0 Å². The van der Waals surface area contributed by atoms with E-state index in [-0.39, 0.29) is 29.0 Å². The zero-order chi connectivity index (χ0) is 23.5. The van der Waals surface area contributed by atoms with E-state index >= 15 is 0 Å². The lowest BCUT2D eigenvalue weighted by Crippen LogP contribution is -2.34. The molecule has 0 saturated heterocycles. The number of aromatic nitrogens is 5.